The number of hydrogen-bond acceptors (Lipinski definition) is 5. The highest BCUT2D eigenvalue weighted by Crippen LogP contribution is 2.28. The summed E-state index contributed by atoms with van der Waals surface area (Å²) in [4.78, 5) is 28.1. The monoisotopic (exact) mass is 410 g/mol. The third kappa shape index (κ3) is 3.70. The third-order valence-electron chi connectivity index (χ3n) is 5.43. The maximum atomic E-state index is 12.6. The number of pyridine rings is 1. The van der Waals surface area contributed by atoms with Crippen LogP contribution in [0.15, 0.2) is 47.7 Å². The Morgan fingerprint density at radius 2 is 1.97 bits per heavy atom. The van der Waals surface area contributed by atoms with Gasteiger partial charge in [0.2, 0.25) is 5.62 Å². The van der Waals surface area contributed by atoms with Crippen molar-refractivity contribution < 1.29 is 4.79 Å². The number of piperidine rings is 1. The first kappa shape index (κ1) is 19.4. The molecule has 0 saturated carbocycles. The number of amides is 1. The number of benzene rings is 1. The Bertz CT molecular complexity index is 1110. The molecule has 7 nitrogen and oxygen atoms in total. The molecule has 150 valence electrons. The molecule has 1 saturated heterocycles. The average Bonchev–Trinajstić information content (AvgIpc) is 3.25. The molecule has 1 amide bonds. The van der Waals surface area contributed by atoms with E-state index in [0.29, 0.717) is 11.2 Å². The van der Waals surface area contributed by atoms with Crippen molar-refractivity contribution in [2.24, 2.45) is 4.99 Å². The van der Waals surface area contributed by atoms with E-state index in [1.165, 1.54) is 31.1 Å². The van der Waals surface area contributed by atoms with Gasteiger partial charge in [0.05, 0.1) is 11.1 Å². The molecule has 0 atom stereocenters. The predicted molar refractivity (Wildman–Crippen MR) is 116 cm³/mol. The molecule has 0 aliphatic carbocycles. The van der Waals surface area contributed by atoms with Crippen LogP contribution in [-0.4, -0.2) is 40.1 Å². The second-order valence-corrected chi connectivity index (χ2v) is 7.25. The average molecular weight is 411 g/mol. The topological polar surface area (TPSA) is 75.4 Å². The van der Waals surface area contributed by atoms with Gasteiger partial charge in [0.25, 0.3) is 5.91 Å². The summed E-state index contributed by atoms with van der Waals surface area (Å²) >= 11 is 0. The maximum Gasteiger partial charge on any atom is 0.281 e. The van der Waals surface area contributed by atoms with E-state index in [1.54, 1.807) is 18.3 Å². The summed E-state index contributed by atoms with van der Waals surface area (Å²) in [5.74, 6) is 0.654. The van der Waals surface area contributed by atoms with E-state index in [0.717, 1.165) is 42.9 Å². The largest absolute Gasteiger partial charge is 0.371 e. The van der Waals surface area contributed by atoms with Crippen molar-refractivity contribution >= 4 is 40.7 Å². The molecule has 0 spiro atoms. The molecule has 2 aliphatic rings. The van der Waals surface area contributed by atoms with Gasteiger partial charge in [-0.2, -0.15) is 4.99 Å². The summed E-state index contributed by atoms with van der Waals surface area (Å²) in [6.07, 6.45) is 6.93. The van der Waals surface area contributed by atoms with Gasteiger partial charge in [0, 0.05) is 49.6 Å². The molecule has 0 unspecified atom stereocenters. The maximum absolute atomic E-state index is 12.6. The molecule has 3 aromatic rings. The molecule has 29 heavy (non-hydrogen) atoms. The van der Waals surface area contributed by atoms with Crippen molar-refractivity contribution in [2.45, 2.75) is 25.8 Å². The number of carbonyl (C=O) groups excluding carboxylic acids is 1. The fraction of sp³-hybridized carbons (Fsp3) is 0.333. The minimum Gasteiger partial charge on any atom is -0.371 e. The van der Waals surface area contributed by atoms with E-state index in [-0.39, 0.29) is 18.3 Å². The minimum atomic E-state index is -0.325. The zero-order valence-electron chi connectivity index (χ0n) is 16.0. The molecule has 2 aliphatic heterocycles. The van der Waals surface area contributed by atoms with Crippen molar-refractivity contribution in [1.82, 2.24) is 14.5 Å². The van der Waals surface area contributed by atoms with Crippen LogP contribution in [0.3, 0.4) is 0 Å². The number of nitrogens with one attached hydrogen (secondary N) is 1. The van der Waals surface area contributed by atoms with E-state index >= 15 is 0 Å². The molecular formula is C21H23ClN6O. The molecule has 1 fully saturated rings. The lowest BCUT2D eigenvalue weighted by Gasteiger charge is -2.29. The van der Waals surface area contributed by atoms with Crippen LogP contribution < -0.4 is 15.8 Å². The number of halogens is 1. The lowest BCUT2D eigenvalue weighted by molar-refractivity contribution is 0.0996. The summed E-state index contributed by atoms with van der Waals surface area (Å²) in [7, 11) is 0. The summed E-state index contributed by atoms with van der Waals surface area (Å²) < 4.78 is 1.98. The van der Waals surface area contributed by atoms with Crippen LogP contribution in [0.2, 0.25) is 0 Å². The van der Waals surface area contributed by atoms with Gasteiger partial charge in [0.15, 0.2) is 0 Å². The van der Waals surface area contributed by atoms with Crippen molar-refractivity contribution in [1.29, 1.82) is 0 Å². The fourth-order valence-corrected chi connectivity index (χ4v) is 3.99. The second-order valence-electron chi connectivity index (χ2n) is 7.25. The van der Waals surface area contributed by atoms with E-state index in [2.05, 4.69) is 38.4 Å². The number of carbonyl (C=O) groups is 1. The standard InChI is InChI=1S/C21H22N6O.ClH/c28-20(15-5-4-8-22-14-15)25-21-24-18-13-16(26-10-2-1-3-11-26)6-7-17(18)19-23-9-12-27(19)21;/h4-8,13-14,23H,1-3,9-12H2;1H. The molecule has 1 aromatic carbocycles. The number of aromatic nitrogens is 3. The van der Waals surface area contributed by atoms with Crippen LogP contribution in [0.1, 0.15) is 29.6 Å². The molecular weight excluding hydrogens is 388 g/mol. The van der Waals surface area contributed by atoms with Gasteiger partial charge >= 0.3 is 0 Å². The van der Waals surface area contributed by atoms with E-state index in [9.17, 15) is 4.79 Å². The van der Waals surface area contributed by atoms with Crippen LogP contribution in [0.4, 0.5) is 11.5 Å². The Hall–Kier alpha value is -2.93. The highest BCUT2D eigenvalue weighted by molar-refractivity contribution is 5.95. The highest BCUT2D eigenvalue weighted by atomic mass is 35.5. The van der Waals surface area contributed by atoms with E-state index < -0.39 is 0 Å². The predicted octanol–water partition coefficient (Wildman–Crippen LogP) is 3.01. The Labute approximate surface area is 174 Å². The first-order valence-electron chi connectivity index (χ1n) is 9.82. The summed E-state index contributed by atoms with van der Waals surface area (Å²) in [5, 5.41) is 4.48. The quantitative estimate of drug-likeness (QED) is 0.702. The summed E-state index contributed by atoms with van der Waals surface area (Å²) in [6, 6.07) is 9.88. The highest BCUT2D eigenvalue weighted by Gasteiger charge is 2.18. The molecule has 2 aromatic heterocycles. The molecule has 0 radical (unpaired) electrons. The molecule has 5 rings (SSSR count). The Kier molecular flexibility index (Phi) is 5.49. The first-order chi connectivity index (χ1) is 13.8. The van der Waals surface area contributed by atoms with Crippen LogP contribution in [0.5, 0.6) is 0 Å². The SMILES string of the molecule is Cl.O=C(N=c1nc2cc(N3CCCCC3)ccc2c2n1CCN2)c1cccnc1. The van der Waals surface area contributed by atoms with E-state index in [4.69, 9.17) is 4.98 Å². The fourth-order valence-electron chi connectivity index (χ4n) is 3.99. The lowest BCUT2D eigenvalue weighted by atomic mass is 10.1. The minimum absolute atomic E-state index is 0. The lowest BCUT2D eigenvalue weighted by Crippen LogP contribution is -2.29. The van der Waals surface area contributed by atoms with Gasteiger partial charge in [-0.1, -0.05) is 0 Å². The van der Waals surface area contributed by atoms with Gasteiger partial charge in [-0.3, -0.25) is 14.3 Å². The molecule has 1 N–H and O–H groups in total. The molecule has 0 bridgehead atoms. The van der Waals surface area contributed by atoms with Crippen LogP contribution in [-0.2, 0) is 6.54 Å². The normalized spacial score (nSPS) is 16.3. The second kappa shape index (κ2) is 8.21. The zero-order valence-corrected chi connectivity index (χ0v) is 16.9. The zero-order chi connectivity index (χ0) is 18.9. The summed E-state index contributed by atoms with van der Waals surface area (Å²) in [6.45, 7) is 3.71. The van der Waals surface area contributed by atoms with Crippen molar-refractivity contribution in [2.75, 3.05) is 29.9 Å². The summed E-state index contributed by atoms with van der Waals surface area (Å²) in [5.41, 5.74) is 2.96. The van der Waals surface area contributed by atoms with E-state index in [1.807, 2.05) is 4.57 Å². The van der Waals surface area contributed by atoms with Crippen molar-refractivity contribution in [3.05, 3.63) is 53.9 Å². The number of fused-ring (bicyclic) bond motifs is 3. The van der Waals surface area contributed by atoms with Crippen molar-refractivity contribution in [3.63, 3.8) is 0 Å². The number of rotatable bonds is 2. The van der Waals surface area contributed by atoms with Gasteiger partial charge in [0.1, 0.15) is 5.82 Å². The van der Waals surface area contributed by atoms with Gasteiger partial charge < -0.3 is 10.2 Å². The van der Waals surface area contributed by atoms with Crippen LogP contribution in [0.25, 0.3) is 10.9 Å². The number of hydrogen-bond donors (Lipinski definition) is 1. The van der Waals surface area contributed by atoms with Gasteiger partial charge in [-0.25, -0.2) is 4.98 Å². The van der Waals surface area contributed by atoms with Gasteiger partial charge in [-0.05, 0) is 49.6 Å². The van der Waals surface area contributed by atoms with Crippen LogP contribution in [0, 0.1) is 0 Å². The Balaban J connectivity index is 0.00000205. The van der Waals surface area contributed by atoms with Crippen LogP contribution >= 0.6 is 12.4 Å². The smallest absolute Gasteiger partial charge is 0.281 e. The molecule has 4 heterocycles. The number of anilines is 2. The van der Waals surface area contributed by atoms with Crippen molar-refractivity contribution in [3.8, 4) is 0 Å². The Morgan fingerprint density at radius 1 is 1.10 bits per heavy atom. The molecule has 8 heteroatoms. The third-order valence-corrected chi connectivity index (χ3v) is 5.43. The Morgan fingerprint density at radius 3 is 2.76 bits per heavy atom. The van der Waals surface area contributed by atoms with Gasteiger partial charge in [-0.15, -0.1) is 12.4 Å². The number of nitrogens with zero attached hydrogens (tertiary/aromatic N) is 5. The first-order valence-corrected chi connectivity index (χ1v) is 9.82.